The maximum absolute atomic E-state index is 12.3. The summed E-state index contributed by atoms with van der Waals surface area (Å²) in [6.07, 6.45) is 8.56. The van der Waals surface area contributed by atoms with Crippen LogP contribution in [-0.2, 0) is 21.2 Å². The number of nitrogens with one attached hydrogen (secondary N) is 1. The van der Waals surface area contributed by atoms with E-state index in [1.54, 1.807) is 0 Å². The first kappa shape index (κ1) is 19.4. The number of carbonyl (C=O) groups is 1. The molecular formula is C20H25N3O3S2. The van der Waals surface area contributed by atoms with E-state index < -0.39 is 10.0 Å². The minimum Gasteiger partial charge on any atom is -0.302 e. The summed E-state index contributed by atoms with van der Waals surface area (Å²) >= 11 is 1.42. The Hall–Kier alpha value is -1.93. The van der Waals surface area contributed by atoms with Gasteiger partial charge in [0, 0.05) is 23.9 Å². The van der Waals surface area contributed by atoms with Crippen molar-refractivity contribution < 1.29 is 13.2 Å². The van der Waals surface area contributed by atoms with Crippen LogP contribution in [0.2, 0.25) is 0 Å². The zero-order valence-corrected chi connectivity index (χ0v) is 17.6. The molecule has 1 aliphatic heterocycles. The van der Waals surface area contributed by atoms with Gasteiger partial charge < -0.3 is 5.32 Å². The van der Waals surface area contributed by atoms with Crippen molar-refractivity contribution in [2.75, 3.05) is 22.4 Å². The number of benzene rings is 1. The normalized spacial score (nSPS) is 17.5. The average molecular weight is 420 g/mol. The van der Waals surface area contributed by atoms with Crippen molar-refractivity contribution in [2.24, 2.45) is 5.92 Å². The smallest absolute Gasteiger partial charge is 0.232 e. The summed E-state index contributed by atoms with van der Waals surface area (Å²) in [6.45, 7) is 0.483. The summed E-state index contributed by atoms with van der Waals surface area (Å²) in [5.41, 5.74) is 3.51. The van der Waals surface area contributed by atoms with Crippen LogP contribution in [0.15, 0.2) is 23.6 Å². The maximum atomic E-state index is 12.3. The van der Waals surface area contributed by atoms with Crippen LogP contribution in [0.25, 0.3) is 11.3 Å². The van der Waals surface area contributed by atoms with E-state index in [0.717, 1.165) is 35.3 Å². The number of hydrogen-bond donors (Lipinski definition) is 1. The van der Waals surface area contributed by atoms with Crippen molar-refractivity contribution in [3.63, 3.8) is 0 Å². The molecule has 2 aliphatic rings. The van der Waals surface area contributed by atoms with Gasteiger partial charge in [0.25, 0.3) is 0 Å². The van der Waals surface area contributed by atoms with Gasteiger partial charge in [-0.2, -0.15) is 0 Å². The second-order valence-corrected chi connectivity index (χ2v) is 10.5. The van der Waals surface area contributed by atoms with Gasteiger partial charge in [-0.3, -0.25) is 9.10 Å². The average Bonchev–Trinajstić information content (AvgIpc) is 3.28. The Balaban J connectivity index is 1.44. The monoisotopic (exact) mass is 419 g/mol. The highest BCUT2D eigenvalue weighted by Crippen LogP contribution is 2.34. The number of aromatic nitrogens is 1. The third kappa shape index (κ3) is 4.22. The van der Waals surface area contributed by atoms with Gasteiger partial charge in [0.05, 0.1) is 17.6 Å². The van der Waals surface area contributed by atoms with Crippen LogP contribution in [0.5, 0.6) is 0 Å². The van der Waals surface area contributed by atoms with Crippen LogP contribution >= 0.6 is 11.3 Å². The first-order chi connectivity index (χ1) is 13.4. The van der Waals surface area contributed by atoms with Gasteiger partial charge >= 0.3 is 0 Å². The number of anilines is 2. The summed E-state index contributed by atoms with van der Waals surface area (Å²) in [5.74, 6) is 0.549. The van der Waals surface area contributed by atoms with Gasteiger partial charge in [-0.15, -0.1) is 11.3 Å². The van der Waals surface area contributed by atoms with E-state index in [2.05, 4.69) is 10.3 Å². The predicted octanol–water partition coefficient (Wildman–Crippen LogP) is 4.04. The lowest BCUT2D eigenvalue weighted by atomic mass is 9.87. The van der Waals surface area contributed by atoms with Gasteiger partial charge in [0.2, 0.25) is 15.9 Å². The molecule has 4 rings (SSSR count). The molecule has 1 amide bonds. The van der Waals surface area contributed by atoms with Crippen LogP contribution in [0.4, 0.5) is 10.8 Å². The van der Waals surface area contributed by atoms with E-state index in [4.69, 9.17) is 0 Å². The van der Waals surface area contributed by atoms with Crippen LogP contribution in [0.3, 0.4) is 0 Å². The molecule has 1 fully saturated rings. The lowest BCUT2D eigenvalue weighted by Gasteiger charge is -2.20. The molecule has 6 nitrogen and oxygen atoms in total. The van der Waals surface area contributed by atoms with Gasteiger partial charge in [0.15, 0.2) is 5.13 Å². The molecule has 8 heteroatoms. The predicted molar refractivity (Wildman–Crippen MR) is 113 cm³/mol. The third-order valence-electron chi connectivity index (χ3n) is 5.58. The first-order valence-electron chi connectivity index (χ1n) is 9.76. The molecule has 1 aliphatic carbocycles. The van der Waals surface area contributed by atoms with Crippen molar-refractivity contribution >= 4 is 38.1 Å². The maximum Gasteiger partial charge on any atom is 0.232 e. The molecular weight excluding hydrogens is 394 g/mol. The lowest BCUT2D eigenvalue weighted by Crippen LogP contribution is -2.27. The number of carbonyl (C=O) groups excluding carboxylic acids is 1. The van der Waals surface area contributed by atoms with Crippen molar-refractivity contribution in [1.82, 2.24) is 4.98 Å². The fourth-order valence-electron chi connectivity index (χ4n) is 4.16. The van der Waals surface area contributed by atoms with Crippen LogP contribution in [-0.4, -0.2) is 32.1 Å². The Bertz CT molecular complexity index is 978. The highest BCUT2D eigenvalue weighted by Gasteiger charge is 2.26. The van der Waals surface area contributed by atoms with Gasteiger partial charge in [-0.1, -0.05) is 25.3 Å². The van der Waals surface area contributed by atoms with Crippen molar-refractivity contribution in [3.8, 4) is 11.3 Å². The number of sulfonamides is 1. The third-order valence-corrected chi connectivity index (χ3v) is 7.52. The van der Waals surface area contributed by atoms with Crippen molar-refractivity contribution in [2.45, 2.75) is 44.9 Å². The highest BCUT2D eigenvalue weighted by atomic mass is 32.2. The van der Waals surface area contributed by atoms with E-state index in [-0.39, 0.29) is 5.91 Å². The summed E-state index contributed by atoms with van der Waals surface area (Å²) in [7, 11) is -3.24. The number of rotatable bonds is 5. The molecule has 0 saturated heterocycles. The fourth-order valence-corrected chi connectivity index (χ4v) is 5.86. The SMILES string of the molecule is CS(=O)(=O)N1CCc2cc(-c3csc(NC(=O)CC4CCCCC4)n3)ccc21. The zero-order chi connectivity index (χ0) is 19.7. The van der Waals surface area contributed by atoms with E-state index in [1.165, 1.54) is 41.2 Å². The van der Waals surface area contributed by atoms with E-state index in [9.17, 15) is 13.2 Å². The minimum atomic E-state index is -3.24. The zero-order valence-electron chi connectivity index (χ0n) is 16.0. The molecule has 1 N–H and O–H groups in total. The minimum absolute atomic E-state index is 0.0468. The number of thiazole rings is 1. The molecule has 1 saturated carbocycles. The highest BCUT2D eigenvalue weighted by molar-refractivity contribution is 7.92. The molecule has 0 unspecified atom stereocenters. The summed E-state index contributed by atoms with van der Waals surface area (Å²) in [6, 6.07) is 5.74. The molecule has 2 heterocycles. The van der Waals surface area contributed by atoms with E-state index in [0.29, 0.717) is 30.4 Å². The van der Waals surface area contributed by atoms with Crippen molar-refractivity contribution in [1.29, 1.82) is 0 Å². The number of amides is 1. The molecule has 150 valence electrons. The van der Waals surface area contributed by atoms with E-state index >= 15 is 0 Å². The van der Waals surface area contributed by atoms with E-state index in [1.807, 2.05) is 23.6 Å². The quantitative estimate of drug-likeness (QED) is 0.793. The summed E-state index contributed by atoms with van der Waals surface area (Å²) in [4.78, 5) is 16.9. The van der Waals surface area contributed by atoms with Gasteiger partial charge in [0.1, 0.15) is 0 Å². The molecule has 0 radical (unpaired) electrons. The van der Waals surface area contributed by atoms with Gasteiger partial charge in [-0.05, 0) is 42.9 Å². The molecule has 2 aromatic rings. The molecule has 1 aromatic heterocycles. The molecule has 0 spiro atoms. The number of hydrogen-bond acceptors (Lipinski definition) is 5. The Morgan fingerprint density at radius 3 is 2.82 bits per heavy atom. The second-order valence-electron chi connectivity index (χ2n) is 7.72. The van der Waals surface area contributed by atoms with Gasteiger partial charge in [-0.25, -0.2) is 13.4 Å². The summed E-state index contributed by atoms with van der Waals surface area (Å²) in [5, 5.41) is 5.49. The second kappa shape index (κ2) is 7.83. The van der Waals surface area contributed by atoms with Crippen LogP contribution < -0.4 is 9.62 Å². The number of fused-ring (bicyclic) bond motifs is 1. The Labute approximate surface area is 170 Å². The lowest BCUT2D eigenvalue weighted by molar-refractivity contribution is -0.117. The first-order valence-corrected chi connectivity index (χ1v) is 12.5. The molecule has 0 bridgehead atoms. The Morgan fingerprint density at radius 1 is 1.29 bits per heavy atom. The number of nitrogens with zero attached hydrogens (tertiary/aromatic N) is 2. The van der Waals surface area contributed by atoms with Crippen LogP contribution in [0.1, 0.15) is 44.1 Å². The fraction of sp³-hybridized carbons (Fsp3) is 0.500. The Kier molecular flexibility index (Phi) is 5.42. The Morgan fingerprint density at radius 2 is 2.07 bits per heavy atom. The standard InChI is InChI=1S/C20H25N3O3S2/c1-28(25,26)23-10-9-16-12-15(7-8-18(16)23)17-13-27-20(21-17)22-19(24)11-14-5-3-2-4-6-14/h7-8,12-14H,2-6,9-11H2,1H3,(H,21,22,24). The van der Waals surface area contributed by atoms with Crippen molar-refractivity contribution in [3.05, 3.63) is 29.1 Å². The topological polar surface area (TPSA) is 79.4 Å². The largest absolute Gasteiger partial charge is 0.302 e. The summed E-state index contributed by atoms with van der Waals surface area (Å²) < 4.78 is 25.2. The molecule has 1 aromatic carbocycles. The molecule has 0 atom stereocenters. The molecule has 28 heavy (non-hydrogen) atoms. The van der Waals surface area contributed by atoms with Crippen LogP contribution in [0, 0.1) is 5.92 Å².